The van der Waals surface area contributed by atoms with Gasteiger partial charge in [-0.05, 0) is 73.8 Å². The number of likely N-dealkylation sites (N-methyl/N-ethyl adjacent to an activating group) is 1. The molecule has 4 N–H and O–H groups in total. The second kappa shape index (κ2) is 18.5. The highest BCUT2D eigenvalue weighted by atomic mass is 32.2. The van der Waals surface area contributed by atoms with Crippen LogP contribution in [0.5, 0.6) is 0 Å². The van der Waals surface area contributed by atoms with Gasteiger partial charge in [-0.25, -0.2) is 8.42 Å². The molecular weight excluding hydrogens is 727 g/mol. The summed E-state index contributed by atoms with van der Waals surface area (Å²) in [5.41, 5.74) is 5.54. The summed E-state index contributed by atoms with van der Waals surface area (Å²) in [6, 6.07) is 38.9. The Morgan fingerprint density at radius 1 is 0.804 bits per heavy atom. The van der Waals surface area contributed by atoms with Crippen molar-refractivity contribution >= 4 is 21.6 Å². The van der Waals surface area contributed by atoms with Crippen LogP contribution in [0.3, 0.4) is 0 Å². The van der Waals surface area contributed by atoms with Gasteiger partial charge >= 0.3 is 0 Å². The van der Waals surface area contributed by atoms with Gasteiger partial charge in [0.1, 0.15) is 6.04 Å². The number of carbonyl (C=O) groups is 1. The second-order valence-corrected chi connectivity index (χ2v) is 16.4. The molecule has 1 aliphatic rings. The van der Waals surface area contributed by atoms with E-state index in [2.05, 4.69) is 21.9 Å². The third-order valence-electron chi connectivity index (χ3n) is 10.6. The van der Waals surface area contributed by atoms with E-state index in [-0.39, 0.29) is 42.1 Å². The third-order valence-corrected chi connectivity index (χ3v) is 12.1. The summed E-state index contributed by atoms with van der Waals surface area (Å²) in [4.78, 5) is 15.9. The summed E-state index contributed by atoms with van der Waals surface area (Å²) < 4.78 is 42.7. The van der Waals surface area contributed by atoms with Crippen LogP contribution >= 0.6 is 0 Å². The van der Waals surface area contributed by atoms with E-state index in [0.29, 0.717) is 12.2 Å². The first-order valence-corrected chi connectivity index (χ1v) is 20.4. The maximum Gasteiger partial charge on any atom is 0.242 e. The maximum atomic E-state index is 13.8. The number of hydrogen-bond acceptors (Lipinski definition) is 8. The molecule has 0 saturated carbocycles. The maximum absolute atomic E-state index is 13.8. The number of carbonyl (C=O) groups excluding carboxylic acids is 1. The van der Waals surface area contributed by atoms with E-state index in [9.17, 15) is 23.4 Å². The van der Waals surface area contributed by atoms with Gasteiger partial charge in [0.15, 0.2) is 6.29 Å². The molecule has 6 rings (SSSR count). The number of nitrogens with zero attached hydrogens (tertiary/aromatic N) is 1. The molecule has 5 aromatic rings. The largest absolute Gasteiger partial charge is 0.392 e. The van der Waals surface area contributed by atoms with Gasteiger partial charge in [-0.1, -0.05) is 122 Å². The van der Waals surface area contributed by atoms with Gasteiger partial charge in [0.25, 0.3) is 0 Å². The van der Waals surface area contributed by atoms with Crippen molar-refractivity contribution in [2.75, 3.05) is 18.9 Å². The Hall–Kier alpha value is -4.72. The topological polar surface area (TPSA) is 137 Å². The molecule has 10 nitrogen and oxygen atoms in total. The van der Waals surface area contributed by atoms with Crippen LogP contribution in [-0.4, -0.2) is 61.2 Å². The number of benzene rings is 5. The summed E-state index contributed by atoms with van der Waals surface area (Å²) in [7, 11) is -2.03. The predicted octanol–water partition coefficient (Wildman–Crippen LogP) is 6.86. The Labute approximate surface area is 330 Å². The van der Waals surface area contributed by atoms with Crippen LogP contribution in [0.15, 0.2) is 138 Å². The van der Waals surface area contributed by atoms with Gasteiger partial charge in [-0.15, -0.1) is 0 Å². The number of aliphatic hydroxyl groups is 2. The highest BCUT2D eigenvalue weighted by molar-refractivity contribution is 7.89. The molecule has 7 atom stereocenters. The average molecular weight is 778 g/mol. The normalized spacial score (nSPS) is 20.3. The summed E-state index contributed by atoms with van der Waals surface area (Å²) in [5.74, 6) is -0.573. The summed E-state index contributed by atoms with van der Waals surface area (Å²) in [5, 5.41) is 23.7. The number of aryl methyl sites for hydroxylation is 1. The third kappa shape index (κ3) is 10.2. The lowest BCUT2D eigenvalue weighted by Gasteiger charge is -2.43. The van der Waals surface area contributed by atoms with Crippen molar-refractivity contribution in [1.82, 2.24) is 9.62 Å². The van der Waals surface area contributed by atoms with Crippen LogP contribution < -0.4 is 10.0 Å². The lowest BCUT2D eigenvalue weighted by Crippen LogP contribution is -2.46. The van der Waals surface area contributed by atoms with E-state index < -0.39 is 34.4 Å². The molecule has 11 heteroatoms. The van der Waals surface area contributed by atoms with Crippen molar-refractivity contribution in [1.29, 1.82) is 0 Å². The average Bonchev–Trinajstić information content (AvgIpc) is 3.22. The van der Waals surface area contributed by atoms with Gasteiger partial charge < -0.3 is 25.0 Å². The zero-order valence-corrected chi connectivity index (χ0v) is 33.0. The van der Waals surface area contributed by atoms with Crippen LogP contribution in [0.4, 0.5) is 5.69 Å². The van der Waals surface area contributed by atoms with Crippen molar-refractivity contribution in [3.05, 3.63) is 167 Å². The molecule has 0 spiro atoms. The Morgan fingerprint density at radius 2 is 1.41 bits per heavy atom. The molecule has 5 aromatic carbocycles. The summed E-state index contributed by atoms with van der Waals surface area (Å²) in [6.07, 6.45) is -1.92. The molecule has 0 unspecified atom stereocenters. The lowest BCUT2D eigenvalue weighted by molar-refractivity contribution is -0.276. The van der Waals surface area contributed by atoms with Crippen molar-refractivity contribution in [3.8, 4) is 0 Å². The quantitative estimate of drug-likeness (QED) is 0.0906. The smallest absolute Gasteiger partial charge is 0.242 e. The number of sulfonamides is 1. The van der Waals surface area contributed by atoms with Crippen LogP contribution in [0.25, 0.3) is 0 Å². The van der Waals surface area contributed by atoms with Crippen molar-refractivity contribution < 1.29 is 32.9 Å². The van der Waals surface area contributed by atoms with Crippen molar-refractivity contribution in [2.24, 2.45) is 5.92 Å². The zero-order chi connectivity index (χ0) is 39.8. The molecule has 1 fully saturated rings. The number of aliphatic hydroxyl groups excluding tert-OH is 2. The first-order valence-electron chi connectivity index (χ1n) is 18.9. The van der Waals surface area contributed by atoms with Crippen LogP contribution in [-0.2, 0) is 37.3 Å². The van der Waals surface area contributed by atoms with Gasteiger partial charge in [0.2, 0.25) is 15.9 Å². The fraction of sp³-hybridized carbons (Fsp3) is 0.311. The molecule has 1 saturated heterocycles. The highest BCUT2D eigenvalue weighted by Crippen LogP contribution is 2.42. The highest BCUT2D eigenvalue weighted by Gasteiger charge is 2.39. The fourth-order valence-electron chi connectivity index (χ4n) is 6.91. The molecule has 0 aliphatic carbocycles. The molecule has 1 heterocycles. The summed E-state index contributed by atoms with van der Waals surface area (Å²) in [6.45, 7) is 6.43. The van der Waals surface area contributed by atoms with Crippen molar-refractivity contribution in [3.63, 3.8) is 0 Å². The van der Waals surface area contributed by atoms with Gasteiger partial charge in [-0.3, -0.25) is 9.69 Å². The summed E-state index contributed by atoms with van der Waals surface area (Å²) >= 11 is 0. The Kier molecular flexibility index (Phi) is 13.5. The van der Waals surface area contributed by atoms with Crippen molar-refractivity contribution in [2.45, 2.75) is 75.4 Å². The number of anilines is 1. The van der Waals surface area contributed by atoms with Gasteiger partial charge in [-0.2, -0.15) is 4.72 Å². The monoisotopic (exact) mass is 777 g/mol. The van der Waals surface area contributed by atoms with Crippen LogP contribution in [0.1, 0.15) is 65.7 Å². The minimum Gasteiger partial charge on any atom is -0.392 e. The Morgan fingerprint density at radius 3 is 2.04 bits per heavy atom. The Balaban J connectivity index is 1.20. The molecule has 294 valence electrons. The predicted molar refractivity (Wildman–Crippen MR) is 217 cm³/mol. The van der Waals surface area contributed by atoms with Crippen LogP contribution in [0, 0.1) is 12.8 Å². The van der Waals surface area contributed by atoms with Crippen LogP contribution in [0.2, 0.25) is 0 Å². The van der Waals surface area contributed by atoms with E-state index in [1.807, 2.05) is 118 Å². The van der Waals surface area contributed by atoms with E-state index in [1.165, 1.54) is 12.1 Å². The number of hydrogen-bond donors (Lipinski definition) is 4. The molecule has 0 radical (unpaired) electrons. The molecule has 1 amide bonds. The molecule has 0 bridgehead atoms. The van der Waals surface area contributed by atoms with E-state index in [1.54, 1.807) is 24.3 Å². The van der Waals surface area contributed by atoms with E-state index in [4.69, 9.17) is 9.47 Å². The van der Waals surface area contributed by atoms with E-state index in [0.717, 1.165) is 33.4 Å². The number of ether oxygens (including phenoxy) is 2. The molecule has 1 aliphatic heterocycles. The van der Waals surface area contributed by atoms with Gasteiger partial charge in [0.05, 0.1) is 29.8 Å². The standard InChI is InChI=1S/C45H51N3O7S/c1-30-15-25-39(26-16-30)56(52,53)47-40(27-33-11-7-5-8-12-33)44(51)46-38-23-21-37(22-24-38)45-54-41(28-48(4)32(3)42(50)35-13-9-6-10-14-35)31(2)43(55-45)36-19-17-34(29-49)18-20-36/h5-26,31-32,40-43,45,47,49-50H,27-29H2,1-4H3,(H,46,51)/t31-,32+,40-,41+,42+,43+,45+/m1/s1. The molecule has 0 aromatic heterocycles. The SMILES string of the molecule is Cc1ccc(S(=O)(=O)N[C@H](Cc2ccccc2)C(=O)Nc2ccc([C@H]3O[C@@H](CN(C)[C@@H](C)[C@H](O)c4ccccc4)[C@@H](C)[C@@H](c4ccc(CO)cc4)O3)cc2)cc1. The minimum atomic E-state index is -4.00. The van der Waals surface area contributed by atoms with E-state index >= 15 is 0 Å². The second-order valence-electron chi connectivity index (χ2n) is 14.6. The lowest BCUT2D eigenvalue weighted by atomic mass is 9.89. The Bertz CT molecular complexity index is 2120. The molecule has 56 heavy (non-hydrogen) atoms. The van der Waals surface area contributed by atoms with Gasteiger partial charge in [0, 0.05) is 29.8 Å². The minimum absolute atomic E-state index is 0.0589. The fourth-order valence-corrected chi connectivity index (χ4v) is 8.11. The zero-order valence-electron chi connectivity index (χ0n) is 32.2. The number of rotatable bonds is 15. The first kappa shape index (κ1) is 40.9. The number of nitrogens with one attached hydrogen (secondary N) is 2. The first-order chi connectivity index (χ1) is 26.9. The molecular formula is C45H51N3O7S. The number of amides is 1.